The van der Waals surface area contributed by atoms with Crippen LogP contribution in [0.2, 0.25) is 0 Å². The fourth-order valence-electron chi connectivity index (χ4n) is 1.14. The lowest BCUT2D eigenvalue weighted by Crippen LogP contribution is -2.23. The fraction of sp³-hybridized carbons (Fsp3) is 0.400. The number of hydrogen-bond donors (Lipinski definition) is 2. The van der Waals surface area contributed by atoms with E-state index in [1.165, 1.54) is 0 Å². The maximum absolute atomic E-state index is 9.18. The molecule has 0 aliphatic rings. The van der Waals surface area contributed by atoms with Crippen molar-refractivity contribution in [1.29, 1.82) is 0 Å². The zero-order valence-electron chi connectivity index (χ0n) is 7.54. The van der Waals surface area contributed by atoms with Gasteiger partial charge in [-0.25, -0.2) is 0 Å². The highest BCUT2D eigenvalue weighted by atomic mass is 16.3. The van der Waals surface area contributed by atoms with E-state index >= 15 is 0 Å². The van der Waals surface area contributed by atoms with Crippen LogP contribution >= 0.6 is 0 Å². The minimum absolute atomic E-state index is 0.343. The first kappa shape index (κ1) is 9.07. The standard InChI is InChI=1S/C10H15NO/c1-8(11-2)6-9-4-3-5-10(12)7-9/h3-5,7-8,11-12H,6H2,1-2H3/t8-/m1/s1. The lowest BCUT2D eigenvalue weighted by molar-refractivity contribution is 0.474. The normalized spacial score (nSPS) is 12.8. The van der Waals surface area contributed by atoms with E-state index in [1.54, 1.807) is 12.1 Å². The van der Waals surface area contributed by atoms with E-state index in [9.17, 15) is 5.11 Å². The van der Waals surface area contributed by atoms with Crippen LogP contribution in [0, 0.1) is 0 Å². The highest BCUT2D eigenvalue weighted by molar-refractivity contribution is 5.27. The minimum Gasteiger partial charge on any atom is -0.508 e. The minimum atomic E-state index is 0.343. The first-order valence-electron chi connectivity index (χ1n) is 4.17. The van der Waals surface area contributed by atoms with Crippen molar-refractivity contribution < 1.29 is 5.11 Å². The van der Waals surface area contributed by atoms with Crippen LogP contribution in [0.5, 0.6) is 5.75 Å². The molecule has 0 heterocycles. The number of aromatic hydroxyl groups is 1. The van der Waals surface area contributed by atoms with E-state index in [0.717, 1.165) is 12.0 Å². The molecule has 1 rings (SSSR count). The Hall–Kier alpha value is -1.02. The van der Waals surface area contributed by atoms with E-state index in [4.69, 9.17) is 0 Å². The molecule has 0 saturated carbocycles. The van der Waals surface area contributed by atoms with Gasteiger partial charge in [0.1, 0.15) is 5.75 Å². The zero-order valence-corrected chi connectivity index (χ0v) is 7.54. The lowest BCUT2D eigenvalue weighted by Gasteiger charge is -2.09. The third-order valence-electron chi connectivity index (χ3n) is 1.95. The van der Waals surface area contributed by atoms with Crippen molar-refractivity contribution in [3.05, 3.63) is 29.8 Å². The third kappa shape index (κ3) is 2.55. The molecule has 0 bridgehead atoms. The molecule has 0 amide bonds. The van der Waals surface area contributed by atoms with Crippen LogP contribution in [0.15, 0.2) is 24.3 Å². The van der Waals surface area contributed by atoms with E-state index in [1.807, 2.05) is 19.2 Å². The molecule has 12 heavy (non-hydrogen) atoms. The average molecular weight is 165 g/mol. The number of benzene rings is 1. The van der Waals surface area contributed by atoms with E-state index in [-0.39, 0.29) is 0 Å². The summed E-state index contributed by atoms with van der Waals surface area (Å²) < 4.78 is 0. The van der Waals surface area contributed by atoms with Gasteiger partial charge >= 0.3 is 0 Å². The van der Waals surface area contributed by atoms with Crippen LogP contribution in [0.4, 0.5) is 0 Å². The summed E-state index contributed by atoms with van der Waals surface area (Å²) in [5.74, 6) is 0.343. The van der Waals surface area contributed by atoms with Crippen molar-refractivity contribution in [3.63, 3.8) is 0 Å². The predicted molar refractivity (Wildman–Crippen MR) is 50.3 cm³/mol. The molecule has 66 valence electrons. The Morgan fingerprint density at radius 2 is 2.25 bits per heavy atom. The summed E-state index contributed by atoms with van der Waals surface area (Å²) in [6.45, 7) is 2.12. The highest BCUT2D eigenvalue weighted by Gasteiger charge is 2.00. The van der Waals surface area contributed by atoms with Gasteiger partial charge in [-0.1, -0.05) is 12.1 Å². The van der Waals surface area contributed by atoms with Gasteiger partial charge in [-0.15, -0.1) is 0 Å². The molecule has 1 aromatic carbocycles. The van der Waals surface area contributed by atoms with Gasteiger partial charge in [0.25, 0.3) is 0 Å². The number of phenols is 1. The zero-order chi connectivity index (χ0) is 8.97. The molecule has 1 aromatic rings. The van der Waals surface area contributed by atoms with Crippen molar-refractivity contribution >= 4 is 0 Å². The van der Waals surface area contributed by atoms with Gasteiger partial charge in [-0.3, -0.25) is 0 Å². The van der Waals surface area contributed by atoms with Crippen molar-refractivity contribution in [2.45, 2.75) is 19.4 Å². The van der Waals surface area contributed by atoms with Gasteiger partial charge < -0.3 is 10.4 Å². The van der Waals surface area contributed by atoms with E-state index in [2.05, 4.69) is 12.2 Å². The Balaban J connectivity index is 2.63. The summed E-state index contributed by atoms with van der Waals surface area (Å²) >= 11 is 0. The van der Waals surface area contributed by atoms with Gasteiger partial charge in [0.05, 0.1) is 0 Å². The summed E-state index contributed by atoms with van der Waals surface area (Å²) in [5, 5.41) is 12.3. The Bertz CT molecular complexity index is 247. The van der Waals surface area contributed by atoms with Gasteiger partial charge in [0.2, 0.25) is 0 Å². The topological polar surface area (TPSA) is 32.3 Å². The molecule has 0 radical (unpaired) electrons. The molecule has 0 spiro atoms. The van der Waals surface area contributed by atoms with Gasteiger partial charge in [-0.2, -0.15) is 0 Å². The monoisotopic (exact) mass is 165 g/mol. The van der Waals surface area contributed by atoms with Crippen LogP contribution in [0.1, 0.15) is 12.5 Å². The molecule has 2 heteroatoms. The quantitative estimate of drug-likeness (QED) is 0.712. The summed E-state index contributed by atoms with van der Waals surface area (Å²) in [7, 11) is 1.94. The molecule has 2 nitrogen and oxygen atoms in total. The molecule has 0 saturated heterocycles. The molecule has 0 unspecified atom stereocenters. The maximum atomic E-state index is 9.18. The van der Waals surface area contributed by atoms with Crippen LogP contribution in [0.25, 0.3) is 0 Å². The van der Waals surface area contributed by atoms with Crippen LogP contribution < -0.4 is 5.32 Å². The van der Waals surface area contributed by atoms with Crippen molar-refractivity contribution in [1.82, 2.24) is 5.32 Å². The largest absolute Gasteiger partial charge is 0.508 e. The summed E-state index contributed by atoms with van der Waals surface area (Å²) in [4.78, 5) is 0. The number of phenolic OH excluding ortho intramolecular Hbond substituents is 1. The molecule has 0 aliphatic heterocycles. The smallest absolute Gasteiger partial charge is 0.115 e. The van der Waals surface area contributed by atoms with Crippen LogP contribution in [0.3, 0.4) is 0 Å². The number of likely N-dealkylation sites (N-methyl/N-ethyl adjacent to an activating group) is 1. The van der Waals surface area contributed by atoms with Crippen molar-refractivity contribution in [2.24, 2.45) is 0 Å². The Morgan fingerprint density at radius 1 is 1.50 bits per heavy atom. The van der Waals surface area contributed by atoms with Crippen LogP contribution in [-0.4, -0.2) is 18.2 Å². The van der Waals surface area contributed by atoms with E-state index < -0.39 is 0 Å². The van der Waals surface area contributed by atoms with Crippen molar-refractivity contribution in [3.8, 4) is 5.75 Å². The Labute approximate surface area is 73.2 Å². The third-order valence-corrected chi connectivity index (χ3v) is 1.95. The number of rotatable bonds is 3. The lowest BCUT2D eigenvalue weighted by atomic mass is 10.1. The fourth-order valence-corrected chi connectivity index (χ4v) is 1.14. The van der Waals surface area contributed by atoms with Gasteiger partial charge in [0, 0.05) is 6.04 Å². The van der Waals surface area contributed by atoms with Crippen molar-refractivity contribution in [2.75, 3.05) is 7.05 Å². The second-order valence-electron chi connectivity index (χ2n) is 3.06. The number of nitrogens with one attached hydrogen (secondary N) is 1. The van der Waals surface area contributed by atoms with E-state index in [0.29, 0.717) is 11.8 Å². The summed E-state index contributed by atoms with van der Waals surface area (Å²) in [5.41, 5.74) is 1.16. The molecular weight excluding hydrogens is 150 g/mol. The summed E-state index contributed by atoms with van der Waals surface area (Å²) in [6, 6.07) is 7.83. The second kappa shape index (κ2) is 4.12. The van der Waals surface area contributed by atoms with Gasteiger partial charge in [0.15, 0.2) is 0 Å². The maximum Gasteiger partial charge on any atom is 0.115 e. The predicted octanol–water partition coefficient (Wildman–Crippen LogP) is 1.54. The summed E-state index contributed by atoms with van der Waals surface area (Å²) in [6.07, 6.45) is 0.949. The molecule has 0 aromatic heterocycles. The average Bonchev–Trinajstić information content (AvgIpc) is 2.04. The Kier molecular flexibility index (Phi) is 3.11. The van der Waals surface area contributed by atoms with Crippen LogP contribution in [-0.2, 0) is 6.42 Å². The molecule has 2 N–H and O–H groups in total. The Morgan fingerprint density at radius 3 is 2.83 bits per heavy atom. The first-order valence-corrected chi connectivity index (χ1v) is 4.17. The molecular formula is C10H15NO. The second-order valence-corrected chi connectivity index (χ2v) is 3.06. The molecule has 1 atom stereocenters. The molecule has 0 fully saturated rings. The van der Waals surface area contributed by atoms with Gasteiger partial charge in [-0.05, 0) is 38.1 Å². The highest BCUT2D eigenvalue weighted by Crippen LogP contribution is 2.12. The first-order chi connectivity index (χ1) is 5.72. The molecule has 0 aliphatic carbocycles. The number of hydrogen-bond acceptors (Lipinski definition) is 2. The SMILES string of the molecule is CN[C@H](C)Cc1cccc(O)c1.